The highest BCUT2D eigenvalue weighted by molar-refractivity contribution is 6.04. The molecule has 0 atom stereocenters. The van der Waals surface area contributed by atoms with Crippen molar-refractivity contribution in [3.63, 3.8) is 0 Å². The number of nitrogen functional groups attached to an aromatic ring is 1. The van der Waals surface area contributed by atoms with Crippen LogP contribution in [0.4, 0.5) is 11.5 Å². The maximum atomic E-state index is 13.1. The predicted octanol–water partition coefficient (Wildman–Crippen LogP) is 4.66. The fourth-order valence-electron chi connectivity index (χ4n) is 5.39. The Hall–Kier alpha value is -4.76. The van der Waals surface area contributed by atoms with Crippen molar-refractivity contribution in [2.45, 2.75) is 25.8 Å². The summed E-state index contributed by atoms with van der Waals surface area (Å²) in [5.74, 6) is -0.0197. The number of benzene rings is 2. The Kier molecular flexibility index (Phi) is 6.65. The lowest BCUT2D eigenvalue weighted by atomic mass is 10.1. The maximum absolute atomic E-state index is 13.1. The largest absolute Gasteiger partial charge is 0.383 e. The Morgan fingerprint density at radius 3 is 2.45 bits per heavy atom. The van der Waals surface area contributed by atoms with Crippen molar-refractivity contribution in [1.29, 1.82) is 0 Å². The van der Waals surface area contributed by atoms with E-state index in [1.54, 1.807) is 12.3 Å². The minimum atomic E-state index is -0.462. The van der Waals surface area contributed by atoms with Crippen molar-refractivity contribution >= 4 is 28.4 Å². The molecule has 3 aromatic heterocycles. The van der Waals surface area contributed by atoms with E-state index in [-0.39, 0.29) is 11.1 Å². The van der Waals surface area contributed by atoms with Gasteiger partial charge in [-0.05, 0) is 81.9 Å². The van der Waals surface area contributed by atoms with Crippen LogP contribution in [-0.4, -0.2) is 50.0 Å². The summed E-state index contributed by atoms with van der Waals surface area (Å²) in [5, 5.41) is 3.70. The van der Waals surface area contributed by atoms with E-state index in [1.807, 2.05) is 55.5 Å². The van der Waals surface area contributed by atoms with Crippen LogP contribution >= 0.6 is 0 Å². The summed E-state index contributed by atoms with van der Waals surface area (Å²) in [5.41, 5.74) is 11.1. The van der Waals surface area contributed by atoms with Gasteiger partial charge in [-0.3, -0.25) is 14.2 Å². The van der Waals surface area contributed by atoms with Gasteiger partial charge in [0.2, 0.25) is 0 Å². The molecule has 1 fully saturated rings. The fraction of sp³-hybridized carbons (Fsp3) is 0.226. The van der Waals surface area contributed by atoms with Crippen molar-refractivity contribution in [2.75, 3.05) is 31.2 Å². The standard InChI is InChI=1S/C31H31N7O2/c1-20-5-11-23(12-6-20)37-15-3-4-25(31(37)40)30(39)35-22-9-7-21(8-10-22)26-18-38(24-13-16-36(2)17-14-24)29-27(26)28(32)33-19-34-29/h3-12,15,18-19,24H,13-14,16-17H2,1-2H3,(H,35,39)(H2,32,33,34). The zero-order chi connectivity index (χ0) is 27.8. The summed E-state index contributed by atoms with van der Waals surface area (Å²) in [7, 11) is 2.15. The summed E-state index contributed by atoms with van der Waals surface area (Å²) < 4.78 is 3.71. The third-order valence-corrected chi connectivity index (χ3v) is 7.68. The summed E-state index contributed by atoms with van der Waals surface area (Å²) >= 11 is 0. The van der Waals surface area contributed by atoms with E-state index in [4.69, 9.17) is 5.73 Å². The Morgan fingerprint density at radius 1 is 1.00 bits per heavy atom. The number of aryl methyl sites for hydroxylation is 1. The van der Waals surface area contributed by atoms with Crippen LogP contribution in [0.15, 0.2) is 84.2 Å². The lowest BCUT2D eigenvalue weighted by Crippen LogP contribution is -2.31. The smallest absolute Gasteiger partial charge is 0.267 e. The average Bonchev–Trinajstić information content (AvgIpc) is 3.35. The minimum Gasteiger partial charge on any atom is -0.383 e. The number of nitrogens with two attached hydrogens (primary N) is 1. The number of hydrogen-bond acceptors (Lipinski definition) is 6. The van der Waals surface area contributed by atoms with Crippen LogP contribution in [-0.2, 0) is 0 Å². The third kappa shape index (κ3) is 4.76. The van der Waals surface area contributed by atoms with Gasteiger partial charge in [-0.15, -0.1) is 0 Å². The topological polar surface area (TPSA) is 111 Å². The Morgan fingerprint density at radius 2 is 1.73 bits per heavy atom. The molecule has 0 aliphatic carbocycles. The molecule has 0 unspecified atom stereocenters. The molecule has 1 aliphatic heterocycles. The van der Waals surface area contributed by atoms with E-state index >= 15 is 0 Å². The Labute approximate surface area is 231 Å². The van der Waals surface area contributed by atoms with Gasteiger partial charge in [0.15, 0.2) is 0 Å². The number of piperidine rings is 1. The molecule has 0 radical (unpaired) electrons. The number of amides is 1. The van der Waals surface area contributed by atoms with E-state index in [1.165, 1.54) is 17.0 Å². The van der Waals surface area contributed by atoms with Crippen molar-refractivity contribution in [3.8, 4) is 16.8 Å². The first-order valence-corrected chi connectivity index (χ1v) is 13.4. The zero-order valence-electron chi connectivity index (χ0n) is 22.5. The van der Waals surface area contributed by atoms with Crippen LogP contribution < -0.4 is 16.6 Å². The molecule has 9 heteroatoms. The Balaban J connectivity index is 1.27. The quantitative estimate of drug-likeness (QED) is 0.340. The molecule has 6 rings (SSSR count). The van der Waals surface area contributed by atoms with Crippen molar-refractivity contribution in [3.05, 3.63) is 101 Å². The van der Waals surface area contributed by atoms with E-state index in [2.05, 4.69) is 38.0 Å². The second-order valence-corrected chi connectivity index (χ2v) is 10.4. The van der Waals surface area contributed by atoms with Crippen LogP contribution in [0.5, 0.6) is 0 Å². The summed E-state index contributed by atoms with van der Waals surface area (Å²) in [6, 6.07) is 18.7. The molecule has 1 saturated heterocycles. The number of pyridine rings is 1. The summed E-state index contributed by atoms with van der Waals surface area (Å²) in [6.45, 7) is 4.05. The predicted molar refractivity (Wildman–Crippen MR) is 158 cm³/mol. The van der Waals surface area contributed by atoms with Crippen molar-refractivity contribution < 1.29 is 4.79 Å². The lowest BCUT2D eigenvalue weighted by Gasteiger charge is -2.30. The zero-order valence-corrected chi connectivity index (χ0v) is 22.5. The SMILES string of the molecule is Cc1ccc(-n2cccc(C(=O)Nc3ccc(-c4cn(C5CCN(C)CC5)c5ncnc(N)c45)cc3)c2=O)cc1. The number of hydrogen-bond donors (Lipinski definition) is 2. The van der Waals surface area contributed by atoms with E-state index in [0.29, 0.717) is 23.2 Å². The number of carbonyl (C=O) groups excluding carboxylic acids is 1. The first kappa shape index (κ1) is 25.5. The molecular formula is C31H31N7O2. The number of likely N-dealkylation sites (tertiary alicyclic amines) is 1. The summed E-state index contributed by atoms with van der Waals surface area (Å²) in [4.78, 5) is 37.4. The molecule has 5 aromatic rings. The Bertz CT molecular complexity index is 1750. The van der Waals surface area contributed by atoms with Gasteiger partial charge in [0.1, 0.15) is 23.4 Å². The van der Waals surface area contributed by atoms with Gasteiger partial charge < -0.3 is 20.5 Å². The lowest BCUT2D eigenvalue weighted by molar-refractivity contribution is 0.102. The molecule has 4 heterocycles. The first-order valence-electron chi connectivity index (χ1n) is 13.4. The van der Waals surface area contributed by atoms with E-state index < -0.39 is 5.91 Å². The minimum absolute atomic E-state index is 0.0678. The van der Waals surface area contributed by atoms with Crippen LogP contribution in [0.3, 0.4) is 0 Å². The molecule has 9 nitrogen and oxygen atoms in total. The number of fused-ring (bicyclic) bond motifs is 1. The monoisotopic (exact) mass is 533 g/mol. The fourth-order valence-corrected chi connectivity index (χ4v) is 5.39. The molecule has 0 bridgehead atoms. The van der Waals surface area contributed by atoms with Gasteiger partial charge in [-0.25, -0.2) is 9.97 Å². The van der Waals surface area contributed by atoms with Gasteiger partial charge in [0.25, 0.3) is 11.5 Å². The van der Waals surface area contributed by atoms with Crippen molar-refractivity contribution in [1.82, 2.24) is 24.0 Å². The number of aromatic nitrogens is 4. The number of carbonyl (C=O) groups is 1. The highest BCUT2D eigenvalue weighted by Gasteiger charge is 2.23. The van der Waals surface area contributed by atoms with Gasteiger partial charge in [0, 0.05) is 35.4 Å². The number of nitrogens with one attached hydrogen (secondary N) is 1. The van der Waals surface area contributed by atoms with Gasteiger partial charge in [-0.2, -0.15) is 0 Å². The number of rotatable bonds is 5. The molecule has 1 amide bonds. The average molecular weight is 534 g/mol. The molecule has 202 valence electrons. The summed E-state index contributed by atoms with van der Waals surface area (Å²) in [6.07, 6.45) is 7.38. The van der Waals surface area contributed by atoms with E-state index in [9.17, 15) is 9.59 Å². The first-order chi connectivity index (χ1) is 19.4. The maximum Gasteiger partial charge on any atom is 0.267 e. The van der Waals surface area contributed by atoms with Crippen molar-refractivity contribution in [2.24, 2.45) is 0 Å². The second kappa shape index (κ2) is 10.4. The second-order valence-electron chi connectivity index (χ2n) is 10.4. The molecule has 1 aliphatic rings. The number of anilines is 2. The molecule has 0 spiro atoms. The van der Waals surface area contributed by atoms with E-state index in [0.717, 1.165) is 53.7 Å². The van der Waals surface area contributed by atoms with Gasteiger partial charge in [-0.1, -0.05) is 29.8 Å². The highest BCUT2D eigenvalue weighted by Crippen LogP contribution is 2.36. The van der Waals surface area contributed by atoms with Crippen LogP contribution in [0.2, 0.25) is 0 Å². The molecule has 40 heavy (non-hydrogen) atoms. The molecule has 2 aromatic carbocycles. The van der Waals surface area contributed by atoms with Crippen LogP contribution in [0.25, 0.3) is 27.8 Å². The van der Waals surface area contributed by atoms with Crippen LogP contribution in [0.1, 0.15) is 34.8 Å². The number of nitrogens with zero attached hydrogens (tertiary/aromatic N) is 5. The van der Waals surface area contributed by atoms with Crippen LogP contribution in [0, 0.1) is 6.92 Å². The van der Waals surface area contributed by atoms with Gasteiger partial charge >= 0.3 is 0 Å². The normalized spacial score (nSPS) is 14.4. The molecule has 3 N–H and O–H groups in total. The third-order valence-electron chi connectivity index (χ3n) is 7.68. The van der Waals surface area contributed by atoms with Gasteiger partial charge in [0.05, 0.1) is 5.39 Å². The highest BCUT2D eigenvalue weighted by atomic mass is 16.2. The molecule has 0 saturated carbocycles. The molecular weight excluding hydrogens is 502 g/mol.